The van der Waals surface area contributed by atoms with Crippen molar-refractivity contribution in [2.24, 2.45) is 10.2 Å². The van der Waals surface area contributed by atoms with Gasteiger partial charge in [0.15, 0.2) is 0 Å². The molecule has 0 unspecified atom stereocenters. The average Bonchev–Trinajstić information content (AvgIpc) is 3.05. The Morgan fingerprint density at radius 3 is 2.41 bits per heavy atom. The van der Waals surface area contributed by atoms with Crippen LogP contribution in [0.3, 0.4) is 0 Å². The van der Waals surface area contributed by atoms with E-state index < -0.39 is 0 Å². The van der Waals surface area contributed by atoms with Crippen molar-refractivity contribution in [1.29, 1.82) is 0 Å². The Morgan fingerprint density at radius 2 is 1.68 bits per heavy atom. The Balaban J connectivity index is 1.76. The first kappa shape index (κ1) is 14.7. The lowest BCUT2D eigenvalue weighted by molar-refractivity contribution is 1.23. The van der Waals surface area contributed by atoms with Gasteiger partial charge in [0.05, 0.1) is 11.4 Å². The lowest BCUT2D eigenvalue weighted by Crippen LogP contribution is -1.75. The number of allylic oxidation sites excluding steroid dienone is 4. The minimum absolute atomic E-state index is 0.809. The molecule has 0 aliphatic heterocycles. The minimum Gasteiger partial charge on any atom is -0.151 e. The maximum Gasteiger partial charge on any atom is 0.0869 e. The Kier molecular flexibility index (Phi) is 4.81. The van der Waals surface area contributed by atoms with Crippen molar-refractivity contribution in [2.45, 2.75) is 6.42 Å². The first-order chi connectivity index (χ1) is 10.8. The summed E-state index contributed by atoms with van der Waals surface area (Å²) in [7, 11) is 0. The van der Waals surface area contributed by atoms with Gasteiger partial charge in [0.1, 0.15) is 0 Å². The molecule has 0 aromatic heterocycles. The molecule has 3 heteroatoms. The van der Waals surface area contributed by atoms with Gasteiger partial charge in [-0.15, -0.1) is 0 Å². The number of hydrogen-bond donors (Lipinski definition) is 0. The first-order valence-corrected chi connectivity index (χ1v) is 8.02. The van der Waals surface area contributed by atoms with E-state index in [-0.39, 0.29) is 0 Å². The van der Waals surface area contributed by atoms with E-state index in [1.807, 2.05) is 60.7 Å². The molecule has 0 bridgehead atoms. The number of benzene rings is 2. The molecule has 2 nitrogen and oxygen atoms in total. The quantitative estimate of drug-likeness (QED) is 0.341. The average molecular weight is 396 g/mol. The zero-order valence-electron chi connectivity index (χ0n) is 11.8. The molecule has 22 heavy (non-hydrogen) atoms. The lowest BCUT2D eigenvalue weighted by atomic mass is 10.2. The highest BCUT2D eigenvalue weighted by Gasteiger charge is 1.96. The molecule has 106 valence electrons. The molecule has 1 aliphatic rings. The van der Waals surface area contributed by atoms with Crippen LogP contribution in [0.25, 0.3) is 0 Å². The SMILES string of the molecule is Ic1cccc(N=Nc2cccc(C#CC3=CC=CC3)c2)c1. The largest absolute Gasteiger partial charge is 0.151 e. The van der Waals surface area contributed by atoms with Crippen LogP contribution in [0.5, 0.6) is 0 Å². The molecule has 0 radical (unpaired) electrons. The molecule has 0 saturated heterocycles. The number of azo groups is 1. The van der Waals surface area contributed by atoms with E-state index in [4.69, 9.17) is 0 Å². The van der Waals surface area contributed by atoms with Crippen LogP contribution in [0, 0.1) is 15.4 Å². The molecule has 0 atom stereocenters. The Hall–Kier alpha value is -2.19. The fourth-order valence-electron chi connectivity index (χ4n) is 1.99. The fourth-order valence-corrected chi connectivity index (χ4v) is 2.52. The van der Waals surface area contributed by atoms with Gasteiger partial charge in [-0.1, -0.05) is 42.2 Å². The summed E-state index contributed by atoms with van der Waals surface area (Å²) in [5.74, 6) is 6.35. The monoisotopic (exact) mass is 396 g/mol. The van der Waals surface area contributed by atoms with E-state index in [9.17, 15) is 0 Å². The third-order valence-electron chi connectivity index (χ3n) is 3.07. The van der Waals surface area contributed by atoms with Gasteiger partial charge in [-0.05, 0) is 65.4 Å². The number of hydrogen-bond acceptors (Lipinski definition) is 2. The molecule has 0 heterocycles. The molecule has 0 amide bonds. The molecule has 0 spiro atoms. The van der Waals surface area contributed by atoms with Gasteiger partial charge < -0.3 is 0 Å². The van der Waals surface area contributed by atoms with Crippen molar-refractivity contribution in [1.82, 2.24) is 0 Å². The van der Waals surface area contributed by atoms with Crippen molar-refractivity contribution in [3.63, 3.8) is 0 Å². The highest BCUT2D eigenvalue weighted by molar-refractivity contribution is 14.1. The van der Waals surface area contributed by atoms with Gasteiger partial charge in [-0.2, -0.15) is 10.2 Å². The summed E-state index contributed by atoms with van der Waals surface area (Å²) < 4.78 is 1.15. The van der Waals surface area contributed by atoms with Crippen LogP contribution in [-0.2, 0) is 0 Å². The maximum absolute atomic E-state index is 4.28. The second kappa shape index (κ2) is 7.19. The molecule has 0 saturated carbocycles. The summed E-state index contributed by atoms with van der Waals surface area (Å²) in [5, 5.41) is 8.55. The third kappa shape index (κ3) is 4.15. The molecule has 2 aromatic rings. The molecule has 1 aliphatic carbocycles. The highest BCUT2D eigenvalue weighted by Crippen LogP contribution is 2.20. The normalized spacial score (nSPS) is 13.0. The Bertz CT molecular complexity index is 836. The van der Waals surface area contributed by atoms with Crippen molar-refractivity contribution in [3.05, 3.63) is 81.5 Å². The van der Waals surface area contributed by atoms with E-state index in [0.717, 1.165) is 32.5 Å². The standard InChI is InChI=1S/C19H13IN2/c20-17-8-4-10-19(14-17)22-21-18-9-3-7-16(13-18)12-11-15-5-1-2-6-15/h1-5,7-10,13-14H,6H2. The highest BCUT2D eigenvalue weighted by atomic mass is 127. The molecular weight excluding hydrogens is 383 g/mol. The van der Waals surface area contributed by atoms with Gasteiger partial charge in [0, 0.05) is 14.7 Å². The topological polar surface area (TPSA) is 24.7 Å². The van der Waals surface area contributed by atoms with Gasteiger partial charge in [-0.3, -0.25) is 0 Å². The van der Waals surface area contributed by atoms with Crippen LogP contribution in [0.2, 0.25) is 0 Å². The van der Waals surface area contributed by atoms with Crippen molar-refractivity contribution in [2.75, 3.05) is 0 Å². The third-order valence-corrected chi connectivity index (χ3v) is 3.74. The smallest absolute Gasteiger partial charge is 0.0869 e. The molecule has 3 rings (SSSR count). The van der Waals surface area contributed by atoms with Gasteiger partial charge >= 0.3 is 0 Å². The summed E-state index contributed by atoms with van der Waals surface area (Å²) in [5.41, 5.74) is 3.76. The number of nitrogens with zero attached hydrogens (tertiary/aromatic N) is 2. The van der Waals surface area contributed by atoms with Gasteiger partial charge in [-0.25, -0.2) is 0 Å². The van der Waals surface area contributed by atoms with Crippen LogP contribution in [0.15, 0.2) is 82.6 Å². The predicted octanol–water partition coefficient (Wildman–Crippen LogP) is 5.94. The van der Waals surface area contributed by atoms with E-state index in [2.05, 4.69) is 50.7 Å². The predicted molar refractivity (Wildman–Crippen MR) is 98.5 cm³/mol. The second-order valence-electron chi connectivity index (χ2n) is 4.80. The summed E-state index contributed by atoms with van der Waals surface area (Å²) in [6, 6.07) is 15.8. The lowest BCUT2D eigenvalue weighted by Gasteiger charge is -1.96. The Morgan fingerprint density at radius 1 is 0.909 bits per heavy atom. The first-order valence-electron chi connectivity index (χ1n) is 6.95. The summed E-state index contributed by atoms with van der Waals surface area (Å²) in [4.78, 5) is 0. The van der Waals surface area contributed by atoms with Gasteiger partial charge in [0.2, 0.25) is 0 Å². The zero-order chi connectivity index (χ0) is 15.2. The van der Waals surface area contributed by atoms with E-state index in [0.29, 0.717) is 0 Å². The molecule has 0 N–H and O–H groups in total. The van der Waals surface area contributed by atoms with Gasteiger partial charge in [0.25, 0.3) is 0 Å². The maximum atomic E-state index is 4.28. The minimum atomic E-state index is 0.809. The van der Waals surface area contributed by atoms with Crippen molar-refractivity contribution < 1.29 is 0 Å². The summed E-state index contributed by atoms with van der Waals surface area (Å²) in [6.45, 7) is 0. The molecule has 0 fully saturated rings. The van der Waals surface area contributed by atoms with Crippen LogP contribution in [-0.4, -0.2) is 0 Å². The molecule has 2 aromatic carbocycles. The fraction of sp³-hybridized carbons (Fsp3) is 0.0526. The van der Waals surface area contributed by atoms with E-state index >= 15 is 0 Å². The van der Waals surface area contributed by atoms with Crippen molar-refractivity contribution in [3.8, 4) is 11.8 Å². The molecular formula is C19H13IN2. The number of rotatable bonds is 2. The summed E-state index contributed by atoms with van der Waals surface area (Å²) >= 11 is 2.26. The zero-order valence-corrected chi connectivity index (χ0v) is 14.0. The van der Waals surface area contributed by atoms with E-state index in [1.54, 1.807) is 0 Å². The van der Waals surface area contributed by atoms with Crippen LogP contribution < -0.4 is 0 Å². The van der Waals surface area contributed by atoms with Crippen LogP contribution >= 0.6 is 22.6 Å². The van der Waals surface area contributed by atoms with E-state index in [1.165, 1.54) is 0 Å². The van der Waals surface area contributed by atoms with Crippen LogP contribution in [0.1, 0.15) is 12.0 Å². The number of halogens is 1. The van der Waals surface area contributed by atoms with Crippen LogP contribution in [0.4, 0.5) is 11.4 Å². The second-order valence-corrected chi connectivity index (χ2v) is 6.05. The summed E-state index contributed by atoms with van der Waals surface area (Å²) in [6.07, 6.45) is 7.12. The van der Waals surface area contributed by atoms with Crippen molar-refractivity contribution >= 4 is 34.0 Å². The Labute approximate surface area is 143 Å².